The van der Waals surface area contributed by atoms with E-state index in [2.05, 4.69) is 14.3 Å². The zero-order chi connectivity index (χ0) is 14.8. The molecule has 1 atom stereocenters. The molecule has 21 heavy (non-hydrogen) atoms. The fourth-order valence-electron chi connectivity index (χ4n) is 2.82. The SMILES string of the molecule is COC(C(=O)N1CCCN(c2nc(C)ns2)CC1)C1CC1. The summed E-state index contributed by atoms with van der Waals surface area (Å²) >= 11 is 1.44. The molecule has 1 aromatic heterocycles. The number of hydrogen-bond donors (Lipinski definition) is 0. The highest BCUT2D eigenvalue weighted by Crippen LogP contribution is 2.35. The molecular formula is C14H22N4O2S. The Kier molecular flexibility index (Phi) is 4.40. The van der Waals surface area contributed by atoms with Gasteiger partial charge in [0.25, 0.3) is 5.91 Å². The van der Waals surface area contributed by atoms with Crippen LogP contribution < -0.4 is 4.90 Å². The van der Waals surface area contributed by atoms with E-state index in [1.165, 1.54) is 11.5 Å². The summed E-state index contributed by atoms with van der Waals surface area (Å²) in [6, 6.07) is 0. The lowest BCUT2D eigenvalue weighted by Crippen LogP contribution is -2.43. The lowest BCUT2D eigenvalue weighted by Gasteiger charge is -2.25. The second kappa shape index (κ2) is 6.27. The molecular weight excluding hydrogens is 288 g/mol. The molecule has 6 nitrogen and oxygen atoms in total. The van der Waals surface area contributed by atoms with Gasteiger partial charge in [-0.2, -0.15) is 4.37 Å². The van der Waals surface area contributed by atoms with Crippen LogP contribution in [0.2, 0.25) is 0 Å². The van der Waals surface area contributed by atoms with E-state index >= 15 is 0 Å². The van der Waals surface area contributed by atoms with Crippen LogP contribution in [-0.2, 0) is 9.53 Å². The van der Waals surface area contributed by atoms with Gasteiger partial charge in [0.05, 0.1) is 0 Å². The third-order valence-corrected chi connectivity index (χ3v) is 5.01. The lowest BCUT2D eigenvalue weighted by atomic mass is 10.2. The van der Waals surface area contributed by atoms with E-state index in [4.69, 9.17) is 4.74 Å². The van der Waals surface area contributed by atoms with Crippen molar-refractivity contribution < 1.29 is 9.53 Å². The first-order valence-electron chi connectivity index (χ1n) is 7.56. The monoisotopic (exact) mass is 310 g/mol. The van der Waals surface area contributed by atoms with Crippen LogP contribution in [-0.4, -0.2) is 59.6 Å². The maximum absolute atomic E-state index is 12.6. The van der Waals surface area contributed by atoms with Gasteiger partial charge in [-0.15, -0.1) is 0 Å². The predicted octanol–water partition coefficient (Wildman–Crippen LogP) is 1.31. The zero-order valence-corrected chi connectivity index (χ0v) is 13.4. The highest BCUT2D eigenvalue weighted by atomic mass is 32.1. The summed E-state index contributed by atoms with van der Waals surface area (Å²) in [5.74, 6) is 1.42. The number of hydrogen-bond acceptors (Lipinski definition) is 6. The molecule has 116 valence electrons. The van der Waals surface area contributed by atoms with Gasteiger partial charge in [-0.25, -0.2) is 4.98 Å². The number of ether oxygens (including phenoxy) is 1. The van der Waals surface area contributed by atoms with Crippen LogP contribution in [0, 0.1) is 12.8 Å². The zero-order valence-electron chi connectivity index (χ0n) is 12.6. The molecule has 2 fully saturated rings. The first kappa shape index (κ1) is 14.7. The molecule has 1 saturated carbocycles. The van der Waals surface area contributed by atoms with Gasteiger partial charge in [0, 0.05) is 44.8 Å². The fourth-order valence-corrected chi connectivity index (χ4v) is 3.54. The van der Waals surface area contributed by atoms with Crippen molar-refractivity contribution in [2.75, 3.05) is 38.2 Å². The molecule has 0 N–H and O–H groups in total. The van der Waals surface area contributed by atoms with Gasteiger partial charge in [-0.05, 0) is 32.1 Å². The number of amides is 1. The highest BCUT2D eigenvalue weighted by molar-refractivity contribution is 7.09. The Balaban J connectivity index is 1.61. The quantitative estimate of drug-likeness (QED) is 0.839. The Morgan fingerprint density at radius 3 is 2.76 bits per heavy atom. The topological polar surface area (TPSA) is 58.6 Å². The van der Waals surface area contributed by atoms with Crippen LogP contribution in [0.1, 0.15) is 25.1 Å². The van der Waals surface area contributed by atoms with Crippen molar-refractivity contribution in [2.24, 2.45) is 5.92 Å². The number of rotatable bonds is 4. The summed E-state index contributed by atoms with van der Waals surface area (Å²) in [7, 11) is 1.65. The Bertz CT molecular complexity index is 503. The minimum absolute atomic E-state index is 0.162. The predicted molar refractivity (Wildman–Crippen MR) is 81.6 cm³/mol. The molecule has 0 aromatic carbocycles. The Morgan fingerprint density at radius 2 is 2.14 bits per heavy atom. The van der Waals surface area contributed by atoms with Crippen molar-refractivity contribution in [3.8, 4) is 0 Å². The molecule has 0 bridgehead atoms. The summed E-state index contributed by atoms with van der Waals surface area (Å²) in [6.07, 6.45) is 2.97. The molecule has 7 heteroatoms. The fraction of sp³-hybridized carbons (Fsp3) is 0.786. The first-order chi connectivity index (χ1) is 10.2. The molecule has 2 heterocycles. The smallest absolute Gasteiger partial charge is 0.252 e. The molecule has 3 rings (SSSR count). The van der Waals surface area contributed by atoms with Crippen LogP contribution >= 0.6 is 11.5 Å². The Labute approximate surface area is 129 Å². The Hall–Kier alpha value is -1.21. The van der Waals surface area contributed by atoms with Crippen LogP contribution in [0.15, 0.2) is 0 Å². The van der Waals surface area contributed by atoms with E-state index in [0.717, 1.165) is 56.4 Å². The summed E-state index contributed by atoms with van der Waals surface area (Å²) in [6.45, 7) is 5.21. The second-order valence-corrected chi connectivity index (χ2v) is 6.51. The summed E-state index contributed by atoms with van der Waals surface area (Å²) in [5.41, 5.74) is 0. The van der Waals surface area contributed by atoms with Gasteiger partial charge in [-0.1, -0.05) is 0 Å². The maximum atomic E-state index is 12.6. The average molecular weight is 310 g/mol. The van der Waals surface area contributed by atoms with Crippen LogP contribution in [0.5, 0.6) is 0 Å². The van der Waals surface area contributed by atoms with Crippen molar-refractivity contribution in [2.45, 2.75) is 32.3 Å². The third kappa shape index (κ3) is 3.35. The van der Waals surface area contributed by atoms with Gasteiger partial charge < -0.3 is 14.5 Å². The molecule has 1 unspecified atom stereocenters. The van der Waals surface area contributed by atoms with Gasteiger partial charge in [0.1, 0.15) is 11.9 Å². The molecule has 1 aliphatic heterocycles. The van der Waals surface area contributed by atoms with E-state index in [1.54, 1.807) is 7.11 Å². The van der Waals surface area contributed by atoms with E-state index in [1.807, 2.05) is 11.8 Å². The van der Waals surface area contributed by atoms with Crippen molar-refractivity contribution in [3.63, 3.8) is 0 Å². The van der Waals surface area contributed by atoms with Crippen LogP contribution in [0.25, 0.3) is 0 Å². The highest BCUT2D eigenvalue weighted by Gasteiger charge is 2.38. The second-order valence-electron chi connectivity index (χ2n) is 5.78. The minimum Gasteiger partial charge on any atom is -0.371 e. The lowest BCUT2D eigenvalue weighted by molar-refractivity contribution is -0.143. The van der Waals surface area contributed by atoms with E-state index < -0.39 is 0 Å². The Morgan fingerprint density at radius 1 is 1.33 bits per heavy atom. The minimum atomic E-state index is -0.236. The number of aryl methyl sites for hydroxylation is 1. The summed E-state index contributed by atoms with van der Waals surface area (Å²) in [5, 5.41) is 0.965. The number of aromatic nitrogens is 2. The van der Waals surface area contributed by atoms with E-state index in [0.29, 0.717) is 5.92 Å². The van der Waals surface area contributed by atoms with Gasteiger partial charge in [0.2, 0.25) is 5.13 Å². The summed E-state index contributed by atoms with van der Waals surface area (Å²) < 4.78 is 9.66. The van der Waals surface area contributed by atoms with Gasteiger partial charge in [0.15, 0.2) is 0 Å². The normalized spacial score (nSPS) is 21.2. The molecule has 1 saturated heterocycles. The number of anilines is 1. The molecule has 2 aliphatic rings. The van der Waals surface area contributed by atoms with Crippen LogP contribution in [0.4, 0.5) is 5.13 Å². The van der Waals surface area contributed by atoms with Crippen LogP contribution in [0.3, 0.4) is 0 Å². The standard InChI is InChI=1S/C14H22N4O2S/c1-10-15-14(21-16-10)18-7-3-6-17(8-9-18)13(19)12(20-2)11-4-5-11/h11-12H,3-9H2,1-2H3. The molecule has 0 radical (unpaired) electrons. The van der Waals surface area contributed by atoms with Gasteiger partial charge in [-0.3, -0.25) is 4.79 Å². The number of methoxy groups -OCH3 is 1. The van der Waals surface area contributed by atoms with Crippen molar-refractivity contribution in [1.29, 1.82) is 0 Å². The van der Waals surface area contributed by atoms with Crippen molar-refractivity contribution in [3.05, 3.63) is 5.82 Å². The molecule has 1 aromatic rings. The number of carbonyl (C=O) groups excluding carboxylic acids is 1. The number of nitrogens with zero attached hydrogens (tertiary/aromatic N) is 4. The average Bonchev–Trinajstić information content (AvgIpc) is 3.25. The van der Waals surface area contributed by atoms with E-state index in [-0.39, 0.29) is 12.0 Å². The van der Waals surface area contributed by atoms with Gasteiger partial charge >= 0.3 is 0 Å². The molecule has 1 amide bonds. The van der Waals surface area contributed by atoms with E-state index in [9.17, 15) is 4.79 Å². The largest absolute Gasteiger partial charge is 0.371 e. The van der Waals surface area contributed by atoms with Crippen molar-refractivity contribution >= 4 is 22.6 Å². The molecule has 1 aliphatic carbocycles. The third-order valence-electron chi connectivity index (χ3n) is 4.14. The van der Waals surface area contributed by atoms with Crippen molar-refractivity contribution in [1.82, 2.24) is 14.3 Å². The number of carbonyl (C=O) groups is 1. The molecule has 0 spiro atoms. The first-order valence-corrected chi connectivity index (χ1v) is 8.33. The summed E-state index contributed by atoms with van der Waals surface area (Å²) in [4.78, 5) is 21.2. The maximum Gasteiger partial charge on any atom is 0.252 e.